The van der Waals surface area contributed by atoms with Gasteiger partial charge in [0.1, 0.15) is 41.5 Å². The van der Waals surface area contributed by atoms with Crippen LogP contribution >= 0.6 is 0 Å². The molecule has 0 bridgehead atoms. The lowest BCUT2D eigenvalue weighted by Gasteiger charge is -2.33. The van der Waals surface area contributed by atoms with Crippen molar-refractivity contribution in [2.75, 3.05) is 23.7 Å². The molecule has 4 aromatic rings. The number of nitrogens with two attached hydrogens (primary N) is 1. The molecule has 0 unspecified atom stereocenters. The fourth-order valence-corrected chi connectivity index (χ4v) is 4.92. The minimum atomic E-state index is -4.81. The van der Waals surface area contributed by atoms with E-state index in [4.69, 9.17) is 11.0 Å². The molecule has 5 rings (SSSR count). The monoisotopic (exact) mass is 539 g/mol. The Morgan fingerprint density at radius 2 is 1.72 bits per heavy atom. The topological polar surface area (TPSA) is 96.7 Å². The van der Waals surface area contributed by atoms with Gasteiger partial charge in [-0.15, -0.1) is 0 Å². The molecule has 1 fully saturated rings. The summed E-state index contributed by atoms with van der Waals surface area (Å²) in [6.45, 7) is 1.12. The number of benzene rings is 2. The second-order valence-corrected chi connectivity index (χ2v) is 9.31. The predicted molar refractivity (Wildman–Crippen MR) is 134 cm³/mol. The number of hydrogen-bond donors (Lipinski definition) is 1. The fourth-order valence-electron chi connectivity index (χ4n) is 4.92. The number of piperidine rings is 1. The van der Waals surface area contributed by atoms with Crippen LogP contribution < -0.4 is 10.6 Å². The number of nitrogen functional groups attached to an aromatic ring is 1. The van der Waals surface area contributed by atoms with Crippen LogP contribution in [0.3, 0.4) is 0 Å². The van der Waals surface area contributed by atoms with Crippen molar-refractivity contribution in [3.63, 3.8) is 0 Å². The van der Waals surface area contributed by atoms with Crippen LogP contribution in [0.4, 0.5) is 33.6 Å². The van der Waals surface area contributed by atoms with Gasteiger partial charge in [0.05, 0.1) is 22.4 Å². The van der Waals surface area contributed by atoms with Crippen LogP contribution in [0.2, 0.25) is 0 Å². The molecule has 2 aromatic heterocycles. The second-order valence-electron chi connectivity index (χ2n) is 9.31. The molecule has 0 atom stereocenters. The van der Waals surface area contributed by atoms with Crippen molar-refractivity contribution in [3.8, 4) is 28.5 Å². The van der Waals surface area contributed by atoms with Crippen molar-refractivity contribution < 1.29 is 22.0 Å². The molecule has 200 valence electrons. The summed E-state index contributed by atoms with van der Waals surface area (Å²) >= 11 is 0. The Kier molecular flexibility index (Phi) is 6.68. The first-order valence-electron chi connectivity index (χ1n) is 12.0. The number of aromatic nitrogens is 4. The largest absolute Gasteiger partial charge is 0.419 e. The van der Waals surface area contributed by atoms with Gasteiger partial charge >= 0.3 is 6.18 Å². The highest BCUT2D eigenvalue weighted by Gasteiger charge is 2.34. The summed E-state index contributed by atoms with van der Waals surface area (Å²) in [5, 5.41) is 9.04. The molecule has 0 spiro atoms. The number of hydrogen-bond acceptors (Lipinski definition) is 6. The van der Waals surface area contributed by atoms with Gasteiger partial charge in [-0.3, -0.25) is 0 Å². The standard InChI is InChI=1S/C27H22F5N7/c1-38-13-22(16-4-5-20(28)19(10-16)27(30,31)32)37-25(38)15-6-8-39(9-7-15)26-23(24(34)35-14-36-26)17-2-3-18(12-33)21(29)11-17/h2-5,10-11,13-15H,6-9H2,1H3,(H2,34,35,36). The molecule has 1 aliphatic rings. The van der Waals surface area contributed by atoms with Gasteiger partial charge in [0.15, 0.2) is 0 Å². The van der Waals surface area contributed by atoms with Crippen LogP contribution in [0, 0.1) is 23.0 Å². The maximum Gasteiger partial charge on any atom is 0.419 e. The smallest absolute Gasteiger partial charge is 0.383 e. The first kappa shape index (κ1) is 26.1. The van der Waals surface area contributed by atoms with Gasteiger partial charge in [0, 0.05) is 37.8 Å². The fraction of sp³-hybridized carbons (Fsp3) is 0.259. The van der Waals surface area contributed by atoms with Crippen LogP contribution in [0.15, 0.2) is 48.9 Å². The molecule has 0 radical (unpaired) electrons. The maximum absolute atomic E-state index is 14.3. The van der Waals surface area contributed by atoms with Crippen molar-refractivity contribution in [2.45, 2.75) is 24.9 Å². The maximum atomic E-state index is 14.3. The Labute approximate surface area is 220 Å². The molecule has 0 aliphatic carbocycles. The summed E-state index contributed by atoms with van der Waals surface area (Å²) in [4.78, 5) is 15.1. The van der Waals surface area contributed by atoms with E-state index in [1.54, 1.807) is 29.9 Å². The van der Waals surface area contributed by atoms with E-state index >= 15 is 0 Å². The molecule has 1 saturated heterocycles. The van der Waals surface area contributed by atoms with Crippen LogP contribution in [-0.4, -0.2) is 32.6 Å². The molecule has 12 heteroatoms. The Balaban J connectivity index is 1.38. The highest BCUT2D eigenvalue weighted by Crippen LogP contribution is 2.38. The normalized spacial score (nSPS) is 14.4. The van der Waals surface area contributed by atoms with E-state index in [0.29, 0.717) is 54.4 Å². The third-order valence-electron chi connectivity index (χ3n) is 6.87. The van der Waals surface area contributed by atoms with Gasteiger partial charge in [-0.05, 0) is 48.7 Å². The summed E-state index contributed by atoms with van der Waals surface area (Å²) in [6.07, 6.45) is -0.516. The number of imidazole rings is 1. The first-order valence-corrected chi connectivity index (χ1v) is 12.0. The summed E-state index contributed by atoms with van der Waals surface area (Å²) in [6, 6.07) is 8.87. The SMILES string of the molecule is Cn1cc(-c2ccc(F)c(C(F)(F)F)c2)nc1C1CCN(c2ncnc(N)c2-c2ccc(C#N)c(F)c2)CC1. The molecular weight excluding hydrogens is 517 g/mol. The summed E-state index contributed by atoms with van der Waals surface area (Å²) in [5.41, 5.74) is 6.17. The van der Waals surface area contributed by atoms with Crippen LogP contribution in [0.1, 0.15) is 35.7 Å². The number of nitriles is 1. The Morgan fingerprint density at radius 1 is 1.00 bits per heavy atom. The van der Waals surface area contributed by atoms with Crippen molar-refractivity contribution in [2.24, 2.45) is 7.05 Å². The van der Waals surface area contributed by atoms with Gasteiger partial charge in [0.2, 0.25) is 0 Å². The Bertz CT molecular complexity index is 1580. The summed E-state index contributed by atoms with van der Waals surface area (Å²) in [7, 11) is 1.77. The number of anilines is 2. The molecular formula is C27H22F5N7. The minimum absolute atomic E-state index is 0.0116. The molecule has 7 nitrogen and oxygen atoms in total. The quantitative estimate of drug-likeness (QED) is 0.335. The van der Waals surface area contributed by atoms with E-state index in [-0.39, 0.29) is 22.9 Å². The summed E-state index contributed by atoms with van der Waals surface area (Å²) in [5.74, 6) is -0.564. The lowest BCUT2D eigenvalue weighted by molar-refractivity contribution is -0.139. The molecule has 2 N–H and O–H groups in total. The van der Waals surface area contributed by atoms with E-state index in [0.717, 1.165) is 12.1 Å². The van der Waals surface area contributed by atoms with E-state index in [1.165, 1.54) is 24.5 Å². The molecule has 0 saturated carbocycles. The zero-order valence-corrected chi connectivity index (χ0v) is 20.7. The Hall–Kier alpha value is -4.53. The third-order valence-corrected chi connectivity index (χ3v) is 6.87. The van der Waals surface area contributed by atoms with E-state index in [9.17, 15) is 22.0 Å². The molecule has 0 amide bonds. The number of aryl methyl sites for hydroxylation is 1. The predicted octanol–water partition coefficient (Wildman–Crippen LogP) is 5.68. The van der Waals surface area contributed by atoms with E-state index < -0.39 is 23.4 Å². The number of nitrogens with zero attached hydrogens (tertiary/aromatic N) is 6. The lowest BCUT2D eigenvalue weighted by Crippen LogP contribution is -2.34. The van der Waals surface area contributed by atoms with Gasteiger partial charge in [-0.25, -0.2) is 23.7 Å². The molecule has 1 aliphatic heterocycles. The zero-order valence-electron chi connectivity index (χ0n) is 20.7. The Morgan fingerprint density at radius 3 is 2.38 bits per heavy atom. The van der Waals surface area contributed by atoms with E-state index in [1.807, 2.05) is 4.90 Å². The molecule has 3 heterocycles. The van der Waals surface area contributed by atoms with Crippen molar-refractivity contribution in [1.82, 2.24) is 19.5 Å². The average Bonchev–Trinajstić information content (AvgIpc) is 3.29. The van der Waals surface area contributed by atoms with Crippen molar-refractivity contribution in [1.29, 1.82) is 5.26 Å². The average molecular weight is 540 g/mol. The minimum Gasteiger partial charge on any atom is -0.383 e. The second kappa shape index (κ2) is 9.98. The lowest BCUT2D eigenvalue weighted by atomic mass is 9.95. The zero-order chi connectivity index (χ0) is 27.9. The van der Waals surface area contributed by atoms with Crippen LogP contribution in [0.25, 0.3) is 22.4 Å². The van der Waals surface area contributed by atoms with Gasteiger partial charge in [-0.1, -0.05) is 6.07 Å². The summed E-state index contributed by atoms with van der Waals surface area (Å²) < 4.78 is 69.5. The van der Waals surface area contributed by atoms with Crippen molar-refractivity contribution in [3.05, 3.63) is 77.5 Å². The number of alkyl halides is 3. The van der Waals surface area contributed by atoms with Crippen LogP contribution in [0.5, 0.6) is 0 Å². The van der Waals surface area contributed by atoms with Gasteiger partial charge in [0.25, 0.3) is 0 Å². The first-order chi connectivity index (χ1) is 18.6. The highest BCUT2D eigenvalue weighted by atomic mass is 19.4. The number of rotatable bonds is 4. The molecule has 2 aromatic carbocycles. The highest BCUT2D eigenvalue weighted by molar-refractivity contribution is 5.84. The van der Waals surface area contributed by atoms with Crippen molar-refractivity contribution >= 4 is 11.6 Å². The van der Waals surface area contributed by atoms with Gasteiger partial charge in [-0.2, -0.15) is 18.4 Å². The van der Waals surface area contributed by atoms with E-state index in [2.05, 4.69) is 15.0 Å². The molecule has 39 heavy (non-hydrogen) atoms. The third kappa shape index (κ3) is 4.99. The van der Waals surface area contributed by atoms with Gasteiger partial charge < -0.3 is 15.2 Å². The number of halogens is 5. The van der Waals surface area contributed by atoms with Crippen LogP contribution in [-0.2, 0) is 13.2 Å².